The number of methoxy groups -OCH3 is 1. The molecule has 3 aliphatic heterocycles. The van der Waals surface area contributed by atoms with Gasteiger partial charge in [-0.15, -0.1) is 0 Å². The molecule has 4 atom stereocenters. The Labute approximate surface area is 157 Å². The van der Waals surface area contributed by atoms with Crippen LogP contribution >= 0.6 is 0 Å². The van der Waals surface area contributed by atoms with Crippen LogP contribution in [0.15, 0.2) is 24.3 Å². The van der Waals surface area contributed by atoms with Gasteiger partial charge in [-0.05, 0) is 18.9 Å². The Balaban J connectivity index is 2.03. The minimum atomic E-state index is -1.87. The maximum atomic E-state index is 10.2. The summed E-state index contributed by atoms with van der Waals surface area (Å²) in [6.45, 7) is 0. The first-order valence-corrected chi connectivity index (χ1v) is 8.88. The van der Waals surface area contributed by atoms with E-state index >= 15 is 0 Å². The summed E-state index contributed by atoms with van der Waals surface area (Å²) >= 11 is 0. The zero-order chi connectivity index (χ0) is 19.3. The molecule has 3 saturated heterocycles. The third-order valence-electron chi connectivity index (χ3n) is 6.24. The first-order valence-electron chi connectivity index (χ1n) is 8.88. The van der Waals surface area contributed by atoms with Crippen LogP contribution in [0.2, 0.25) is 0 Å². The molecular weight excluding hydrogens is 344 g/mol. The van der Waals surface area contributed by atoms with Gasteiger partial charge >= 0.3 is 0 Å². The van der Waals surface area contributed by atoms with E-state index in [1.807, 2.05) is 0 Å². The van der Waals surface area contributed by atoms with Gasteiger partial charge in [0.1, 0.15) is 11.9 Å². The zero-order valence-electron chi connectivity index (χ0n) is 14.9. The summed E-state index contributed by atoms with van der Waals surface area (Å²) in [5.41, 5.74) is -3.07. The van der Waals surface area contributed by atoms with Crippen LogP contribution < -0.4 is 4.74 Å². The first-order chi connectivity index (χ1) is 13.0. The normalized spacial score (nSPS) is 35.7. The number of para-hydroxylation sites is 1. The number of nitriles is 3. The van der Waals surface area contributed by atoms with E-state index in [9.17, 15) is 15.8 Å². The van der Waals surface area contributed by atoms with E-state index in [1.54, 1.807) is 24.3 Å². The summed E-state index contributed by atoms with van der Waals surface area (Å²) in [5.74, 6) is -1.72. The van der Waals surface area contributed by atoms with Crippen LogP contribution in [0.5, 0.6) is 5.75 Å². The summed E-state index contributed by atoms with van der Waals surface area (Å²) in [7, 11) is 1.50. The molecule has 1 N–H and O–H groups in total. The molecule has 27 heavy (non-hydrogen) atoms. The molecule has 0 unspecified atom stereocenters. The molecular formula is C20H18N4O3. The maximum Gasteiger partial charge on any atom is 0.218 e. The standard InChI is InChI=1S/C20H18N4O3/c1-25-14-7-3-2-6-13(14)16-19(12-23)17(24)27-20(26-16)9-5-4-8-15(20)18(19,10-21)11-22/h2-3,6-7,15-16,24H,4-5,8-9H2,1H3/t15-,16+,19-,20-/m1/s1. The van der Waals surface area contributed by atoms with Crippen LogP contribution in [0.3, 0.4) is 0 Å². The lowest BCUT2D eigenvalue weighted by atomic mass is 9.48. The summed E-state index contributed by atoms with van der Waals surface area (Å²) in [6.07, 6.45) is 1.62. The predicted molar refractivity (Wildman–Crippen MR) is 92.0 cm³/mol. The van der Waals surface area contributed by atoms with Crippen molar-refractivity contribution in [3.8, 4) is 24.0 Å². The number of benzene rings is 1. The lowest BCUT2D eigenvalue weighted by Gasteiger charge is -2.63. The SMILES string of the molecule is COc1ccccc1[C@@H]1O[C@@]23CCCC[C@@H]2C(C#N)(C#N)[C@@]1(C#N)C(=N)O3. The molecule has 1 aliphatic carbocycles. The Hall–Kier alpha value is -3.08. The van der Waals surface area contributed by atoms with Crippen molar-refractivity contribution in [2.75, 3.05) is 7.11 Å². The number of nitrogens with zero attached hydrogens (tertiary/aromatic N) is 3. The van der Waals surface area contributed by atoms with E-state index in [-0.39, 0.29) is 5.90 Å². The minimum Gasteiger partial charge on any atom is -0.496 e. The maximum absolute atomic E-state index is 10.2. The van der Waals surface area contributed by atoms with E-state index in [0.29, 0.717) is 24.2 Å². The molecule has 1 aromatic carbocycles. The van der Waals surface area contributed by atoms with Crippen LogP contribution in [-0.2, 0) is 9.47 Å². The number of ether oxygens (including phenoxy) is 3. The fraction of sp³-hybridized carbons (Fsp3) is 0.500. The molecule has 1 saturated carbocycles. The monoisotopic (exact) mass is 362 g/mol. The Bertz CT molecular complexity index is 926. The lowest BCUT2D eigenvalue weighted by Crippen LogP contribution is -2.73. The third kappa shape index (κ3) is 1.84. The highest BCUT2D eigenvalue weighted by Crippen LogP contribution is 2.69. The highest BCUT2D eigenvalue weighted by Gasteiger charge is 2.80. The second kappa shape index (κ2) is 5.71. The fourth-order valence-corrected chi connectivity index (χ4v) is 5.00. The molecule has 2 bridgehead atoms. The van der Waals surface area contributed by atoms with Crippen molar-refractivity contribution in [2.45, 2.75) is 37.6 Å². The topological polar surface area (TPSA) is 123 Å². The fourth-order valence-electron chi connectivity index (χ4n) is 5.00. The Morgan fingerprint density at radius 1 is 1.15 bits per heavy atom. The van der Waals surface area contributed by atoms with Gasteiger partial charge in [0.05, 0.1) is 31.2 Å². The molecule has 5 rings (SSSR count). The molecule has 3 heterocycles. The van der Waals surface area contributed by atoms with Gasteiger partial charge in [0.2, 0.25) is 11.7 Å². The number of rotatable bonds is 2. The van der Waals surface area contributed by atoms with Crippen LogP contribution in [0.25, 0.3) is 0 Å². The smallest absolute Gasteiger partial charge is 0.218 e. The first kappa shape index (κ1) is 17.3. The lowest BCUT2D eigenvalue weighted by molar-refractivity contribution is -0.360. The van der Waals surface area contributed by atoms with Crippen molar-refractivity contribution >= 4 is 5.90 Å². The third-order valence-corrected chi connectivity index (χ3v) is 6.24. The van der Waals surface area contributed by atoms with Gasteiger partial charge < -0.3 is 14.2 Å². The van der Waals surface area contributed by atoms with Gasteiger partial charge in [0.15, 0.2) is 10.8 Å². The van der Waals surface area contributed by atoms with Crippen LogP contribution in [-0.4, -0.2) is 18.8 Å². The summed E-state index contributed by atoms with van der Waals surface area (Å²) in [6, 6.07) is 13.4. The van der Waals surface area contributed by atoms with Crippen molar-refractivity contribution in [3.63, 3.8) is 0 Å². The second-order valence-electron chi connectivity index (χ2n) is 7.23. The van der Waals surface area contributed by atoms with Crippen molar-refractivity contribution in [2.24, 2.45) is 16.7 Å². The van der Waals surface area contributed by atoms with E-state index in [4.69, 9.17) is 19.6 Å². The van der Waals surface area contributed by atoms with E-state index < -0.39 is 28.6 Å². The van der Waals surface area contributed by atoms with Crippen molar-refractivity contribution in [1.29, 1.82) is 21.2 Å². The minimum absolute atomic E-state index is 0.367. The highest BCUT2D eigenvalue weighted by atomic mass is 16.7. The number of nitrogens with one attached hydrogen (secondary N) is 1. The Kier molecular flexibility index (Phi) is 3.67. The summed E-state index contributed by atoms with van der Waals surface area (Å²) in [4.78, 5) is 0. The molecule has 7 nitrogen and oxygen atoms in total. The molecule has 0 radical (unpaired) electrons. The predicted octanol–water partition coefficient (Wildman–Crippen LogP) is 3.20. The number of hydrogen-bond acceptors (Lipinski definition) is 7. The molecule has 0 amide bonds. The zero-order valence-corrected chi connectivity index (χ0v) is 14.9. The summed E-state index contributed by atoms with van der Waals surface area (Å²) < 4.78 is 17.6. The molecule has 7 heteroatoms. The van der Waals surface area contributed by atoms with E-state index in [2.05, 4.69) is 18.2 Å². The molecule has 1 aromatic rings. The quantitative estimate of drug-likeness (QED) is 0.861. The Morgan fingerprint density at radius 2 is 1.89 bits per heavy atom. The number of fused-ring (bicyclic) bond motifs is 2. The molecule has 0 aromatic heterocycles. The van der Waals surface area contributed by atoms with Gasteiger partial charge in [-0.25, -0.2) is 0 Å². The van der Waals surface area contributed by atoms with Crippen molar-refractivity contribution < 1.29 is 14.2 Å². The summed E-state index contributed by atoms with van der Waals surface area (Å²) in [5, 5.41) is 39.1. The average molecular weight is 362 g/mol. The van der Waals surface area contributed by atoms with E-state index in [0.717, 1.165) is 12.8 Å². The van der Waals surface area contributed by atoms with Gasteiger partial charge in [-0.3, -0.25) is 5.41 Å². The van der Waals surface area contributed by atoms with Crippen molar-refractivity contribution in [3.05, 3.63) is 29.8 Å². The van der Waals surface area contributed by atoms with Gasteiger partial charge in [-0.1, -0.05) is 24.6 Å². The number of hydrogen-bond donors (Lipinski definition) is 1. The average Bonchev–Trinajstić information content (AvgIpc) is 2.71. The van der Waals surface area contributed by atoms with Gasteiger partial charge in [-0.2, -0.15) is 15.8 Å². The molecule has 4 aliphatic rings. The largest absolute Gasteiger partial charge is 0.496 e. The highest BCUT2D eigenvalue weighted by molar-refractivity contribution is 5.89. The van der Waals surface area contributed by atoms with Crippen LogP contribution in [0, 0.1) is 56.2 Å². The Morgan fingerprint density at radius 3 is 2.56 bits per heavy atom. The molecule has 1 spiro atoms. The van der Waals surface area contributed by atoms with Gasteiger partial charge in [0.25, 0.3) is 0 Å². The van der Waals surface area contributed by atoms with Crippen LogP contribution in [0.1, 0.15) is 37.4 Å². The van der Waals surface area contributed by atoms with Crippen LogP contribution in [0.4, 0.5) is 0 Å². The second-order valence-corrected chi connectivity index (χ2v) is 7.23. The van der Waals surface area contributed by atoms with E-state index in [1.165, 1.54) is 7.11 Å². The molecule has 136 valence electrons. The van der Waals surface area contributed by atoms with Gasteiger partial charge in [0, 0.05) is 12.0 Å². The molecule has 4 fully saturated rings. The van der Waals surface area contributed by atoms with Crippen molar-refractivity contribution in [1.82, 2.24) is 0 Å².